The summed E-state index contributed by atoms with van der Waals surface area (Å²) in [7, 11) is 1.53. The van der Waals surface area contributed by atoms with E-state index in [1.165, 1.54) is 13.1 Å². The lowest BCUT2D eigenvalue weighted by molar-refractivity contribution is 0.0963. The Kier molecular flexibility index (Phi) is 5.20. The molecule has 18 heavy (non-hydrogen) atoms. The summed E-state index contributed by atoms with van der Waals surface area (Å²) in [6.45, 7) is 3.83. The van der Waals surface area contributed by atoms with E-state index in [4.69, 9.17) is 11.6 Å². The molecule has 96 valence electrons. The van der Waals surface area contributed by atoms with E-state index in [9.17, 15) is 9.59 Å². The fraction of sp³-hybridized carbons (Fsp3) is 0.167. The van der Waals surface area contributed by atoms with Crippen LogP contribution >= 0.6 is 11.6 Å². The number of hydrogen-bond donors (Lipinski definition) is 3. The largest absolute Gasteiger partial charge is 0.355 e. The smallest absolute Gasteiger partial charge is 0.319 e. The third-order valence-corrected chi connectivity index (χ3v) is 2.44. The summed E-state index contributed by atoms with van der Waals surface area (Å²) in [4.78, 5) is 22.9. The second kappa shape index (κ2) is 6.66. The highest BCUT2D eigenvalue weighted by Crippen LogP contribution is 2.22. The normalized spacial score (nSPS) is 9.44. The molecule has 5 nitrogen and oxygen atoms in total. The number of carbonyl (C=O) groups is 2. The van der Waals surface area contributed by atoms with Gasteiger partial charge in [-0.25, -0.2) is 4.79 Å². The average molecular weight is 268 g/mol. The van der Waals surface area contributed by atoms with E-state index < -0.39 is 6.03 Å². The van der Waals surface area contributed by atoms with Crippen LogP contribution in [0.2, 0.25) is 5.02 Å². The van der Waals surface area contributed by atoms with Gasteiger partial charge < -0.3 is 16.0 Å². The zero-order valence-electron chi connectivity index (χ0n) is 9.92. The topological polar surface area (TPSA) is 70.2 Å². The zero-order valence-corrected chi connectivity index (χ0v) is 10.7. The predicted octanol–water partition coefficient (Wildman–Crippen LogP) is 2.01. The minimum absolute atomic E-state index is 0.249. The fourth-order valence-corrected chi connectivity index (χ4v) is 1.40. The van der Waals surface area contributed by atoms with Crippen molar-refractivity contribution in [3.8, 4) is 0 Å². The molecule has 0 unspecified atom stereocenters. The fourth-order valence-electron chi connectivity index (χ4n) is 1.24. The molecule has 0 heterocycles. The minimum atomic E-state index is -0.411. The van der Waals surface area contributed by atoms with Crippen LogP contribution < -0.4 is 16.0 Å². The maximum atomic E-state index is 11.4. The molecule has 0 saturated carbocycles. The molecule has 0 spiro atoms. The molecule has 1 aromatic rings. The summed E-state index contributed by atoms with van der Waals surface area (Å²) in [6.07, 6.45) is 1.56. The highest BCUT2D eigenvalue weighted by molar-refractivity contribution is 6.33. The summed E-state index contributed by atoms with van der Waals surface area (Å²) < 4.78 is 0. The van der Waals surface area contributed by atoms with Crippen molar-refractivity contribution < 1.29 is 9.59 Å². The van der Waals surface area contributed by atoms with Gasteiger partial charge in [0, 0.05) is 19.2 Å². The van der Waals surface area contributed by atoms with Gasteiger partial charge in [0.2, 0.25) is 0 Å². The molecule has 0 atom stereocenters. The van der Waals surface area contributed by atoms with Gasteiger partial charge in [-0.05, 0) is 18.2 Å². The van der Waals surface area contributed by atoms with Gasteiger partial charge >= 0.3 is 6.03 Å². The summed E-state index contributed by atoms with van der Waals surface area (Å²) in [6, 6.07) is 4.23. The van der Waals surface area contributed by atoms with Crippen molar-refractivity contribution in [2.24, 2.45) is 0 Å². The number of amides is 3. The first-order valence-electron chi connectivity index (χ1n) is 5.26. The van der Waals surface area contributed by atoms with Crippen molar-refractivity contribution >= 4 is 29.2 Å². The Balaban J connectivity index is 2.84. The first-order valence-corrected chi connectivity index (χ1v) is 5.63. The van der Waals surface area contributed by atoms with Gasteiger partial charge in [0.05, 0.1) is 10.7 Å². The molecule has 0 radical (unpaired) electrons. The van der Waals surface area contributed by atoms with Crippen LogP contribution in [0.15, 0.2) is 30.9 Å². The standard InChI is InChI=1S/C12H14ClN3O2/c1-3-6-15-12(18)16-10-7-8(11(17)14-2)4-5-9(10)13/h3-5,7H,1,6H2,2H3,(H,14,17)(H2,15,16,18). The van der Waals surface area contributed by atoms with Crippen LogP contribution in [0.4, 0.5) is 10.5 Å². The monoisotopic (exact) mass is 267 g/mol. The Labute approximate surface area is 110 Å². The quantitative estimate of drug-likeness (QED) is 0.731. The highest BCUT2D eigenvalue weighted by atomic mass is 35.5. The maximum Gasteiger partial charge on any atom is 0.319 e. The maximum absolute atomic E-state index is 11.4. The van der Waals surface area contributed by atoms with Crippen LogP contribution in [0.1, 0.15) is 10.4 Å². The minimum Gasteiger partial charge on any atom is -0.355 e. The predicted molar refractivity (Wildman–Crippen MR) is 72.1 cm³/mol. The molecule has 0 fully saturated rings. The summed E-state index contributed by atoms with van der Waals surface area (Å²) in [5.74, 6) is -0.249. The summed E-state index contributed by atoms with van der Waals surface area (Å²) >= 11 is 5.93. The van der Waals surface area contributed by atoms with Gasteiger partial charge in [0.15, 0.2) is 0 Å². The van der Waals surface area contributed by atoms with Gasteiger partial charge in [-0.1, -0.05) is 17.7 Å². The lowest BCUT2D eigenvalue weighted by atomic mass is 10.2. The van der Waals surface area contributed by atoms with Gasteiger partial charge in [-0.15, -0.1) is 6.58 Å². The molecule has 6 heteroatoms. The Morgan fingerprint density at radius 3 is 2.78 bits per heavy atom. The van der Waals surface area contributed by atoms with Crippen LogP contribution in [0.3, 0.4) is 0 Å². The SMILES string of the molecule is C=CCNC(=O)Nc1cc(C(=O)NC)ccc1Cl. The number of anilines is 1. The Morgan fingerprint density at radius 2 is 2.17 bits per heavy atom. The highest BCUT2D eigenvalue weighted by Gasteiger charge is 2.09. The van der Waals surface area contributed by atoms with E-state index in [0.717, 1.165) is 0 Å². The van der Waals surface area contributed by atoms with Crippen LogP contribution in [-0.4, -0.2) is 25.5 Å². The van der Waals surface area contributed by atoms with E-state index >= 15 is 0 Å². The summed E-state index contributed by atoms with van der Waals surface area (Å²) in [5, 5.41) is 7.95. The van der Waals surface area contributed by atoms with Crippen LogP contribution in [0.5, 0.6) is 0 Å². The van der Waals surface area contributed by atoms with E-state index in [1.807, 2.05) is 0 Å². The number of nitrogens with one attached hydrogen (secondary N) is 3. The molecule has 0 aromatic heterocycles. The molecule has 0 aliphatic carbocycles. The molecule has 1 aromatic carbocycles. The summed E-state index contributed by atoms with van der Waals surface area (Å²) in [5.41, 5.74) is 0.792. The molecule has 3 N–H and O–H groups in total. The van der Waals surface area contributed by atoms with Gasteiger partial charge in [0.1, 0.15) is 0 Å². The Bertz CT molecular complexity index is 474. The number of urea groups is 1. The lowest BCUT2D eigenvalue weighted by Gasteiger charge is -2.09. The third-order valence-electron chi connectivity index (χ3n) is 2.11. The molecule has 0 aliphatic heterocycles. The first kappa shape index (κ1) is 14.1. The first-order chi connectivity index (χ1) is 8.58. The zero-order chi connectivity index (χ0) is 13.5. The van der Waals surface area contributed by atoms with Crippen molar-refractivity contribution in [3.05, 3.63) is 41.4 Å². The Morgan fingerprint density at radius 1 is 1.44 bits per heavy atom. The number of rotatable bonds is 4. The molecule has 0 aliphatic rings. The van der Waals surface area contributed by atoms with E-state index in [-0.39, 0.29) is 5.91 Å². The van der Waals surface area contributed by atoms with Crippen LogP contribution in [0.25, 0.3) is 0 Å². The van der Waals surface area contributed by atoms with Crippen molar-refractivity contribution in [1.82, 2.24) is 10.6 Å². The second-order valence-corrected chi connectivity index (χ2v) is 3.80. The average Bonchev–Trinajstić information content (AvgIpc) is 2.38. The van der Waals surface area contributed by atoms with Gasteiger partial charge in [-0.3, -0.25) is 4.79 Å². The van der Waals surface area contributed by atoms with Crippen molar-refractivity contribution in [1.29, 1.82) is 0 Å². The van der Waals surface area contributed by atoms with Crippen LogP contribution in [0, 0.1) is 0 Å². The van der Waals surface area contributed by atoms with Crippen molar-refractivity contribution in [3.63, 3.8) is 0 Å². The van der Waals surface area contributed by atoms with Crippen LogP contribution in [-0.2, 0) is 0 Å². The lowest BCUT2D eigenvalue weighted by Crippen LogP contribution is -2.29. The van der Waals surface area contributed by atoms with Gasteiger partial charge in [0.25, 0.3) is 5.91 Å². The van der Waals surface area contributed by atoms with E-state index in [2.05, 4.69) is 22.5 Å². The second-order valence-electron chi connectivity index (χ2n) is 3.40. The number of benzene rings is 1. The number of halogens is 1. The molecule has 0 bridgehead atoms. The molecule has 0 saturated heterocycles. The molecule has 3 amide bonds. The molecular formula is C12H14ClN3O2. The Hall–Kier alpha value is -2.01. The van der Waals surface area contributed by atoms with Crippen molar-refractivity contribution in [2.45, 2.75) is 0 Å². The number of hydrogen-bond acceptors (Lipinski definition) is 2. The molecule has 1 rings (SSSR count). The van der Waals surface area contributed by atoms with E-state index in [1.54, 1.807) is 18.2 Å². The van der Waals surface area contributed by atoms with Crippen molar-refractivity contribution in [2.75, 3.05) is 18.9 Å². The van der Waals surface area contributed by atoms with E-state index in [0.29, 0.717) is 22.8 Å². The third kappa shape index (κ3) is 3.78. The van der Waals surface area contributed by atoms with Gasteiger partial charge in [-0.2, -0.15) is 0 Å². The number of carbonyl (C=O) groups excluding carboxylic acids is 2. The molecular weight excluding hydrogens is 254 g/mol.